The monoisotopic (exact) mass is 346 g/mol. The Kier molecular flexibility index (Phi) is 4.29. The third kappa shape index (κ3) is 3.01. The summed E-state index contributed by atoms with van der Waals surface area (Å²) in [5.41, 5.74) is 2.71. The Bertz CT molecular complexity index is 891. The molecule has 0 spiro atoms. The molecule has 1 saturated heterocycles. The number of carbonyl (C=O) groups is 1. The van der Waals surface area contributed by atoms with Gasteiger partial charge in [-0.1, -0.05) is 49.4 Å². The summed E-state index contributed by atoms with van der Waals surface area (Å²) in [5, 5.41) is 4.19. The Morgan fingerprint density at radius 2 is 1.85 bits per heavy atom. The maximum absolute atomic E-state index is 13.3. The van der Waals surface area contributed by atoms with E-state index in [1.54, 1.807) is 11.0 Å². The minimum Gasteiger partial charge on any atom is -0.338 e. The van der Waals surface area contributed by atoms with Gasteiger partial charge in [-0.3, -0.25) is 4.79 Å². The molecule has 0 N–H and O–H groups in total. The molecule has 0 bridgehead atoms. The molecule has 2 heterocycles. The van der Waals surface area contributed by atoms with E-state index in [1.165, 1.54) is 11.9 Å². The van der Waals surface area contributed by atoms with Crippen molar-refractivity contribution >= 4 is 5.91 Å². The van der Waals surface area contributed by atoms with Crippen LogP contribution in [0, 0.1) is 0 Å². The van der Waals surface area contributed by atoms with Crippen LogP contribution in [0.2, 0.25) is 0 Å². The molecule has 0 unspecified atom stereocenters. The summed E-state index contributed by atoms with van der Waals surface area (Å²) in [4.78, 5) is 19.3. The molecular formula is C21H22N4O. The van der Waals surface area contributed by atoms with Crippen molar-refractivity contribution in [1.82, 2.24) is 19.7 Å². The van der Waals surface area contributed by atoms with Crippen LogP contribution in [0.15, 0.2) is 67.3 Å². The molecule has 0 saturated carbocycles. The molecular weight excluding hydrogens is 324 g/mol. The number of carbonyl (C=O) groups excluding carboxylic acids is 1. The molecule has 1 fully saturated rings. The van der Waals surface area contributed by atoms with Gasteiger partial charge in [0.2, 0.25) is 0 Å². The van der Waals surface area contributed by atoms with Crippen LogP contribution < -0.4 is 0 Å². The Balaban J connectivity index is 1.63. The van der Waals surface area contributed by atoms with Crippen LogP contribution in [0.3, 0.4) is 0 Å². The van der Waals surface area contributed by atoms with E-state index in [1.807, 2.05) is 35.2 Å². The number of benzene rings is 2. The second-order valence-electron chi connectivity index (χ2n) is 7.11. The van der Waals surface area contributed by atoms with Crippen LogP contribution in [0.1, 0.15) is 35.7 Å². The predicted molar refractivity (Wildman–Crippen MR) is 100 cm³/mol. The highest BCUT2D eigenvalue weighted by Gasteiger charge is 2.35. The van der Waals surface area contributed by atoms with Crippen molar-refractivity contribution in [2.45, 2.75) is 25.2 Å². The van der Waals surface area contributed by atoms with E-state index < -0.39 is 0 Å². The molecule has 5 nitrogen and oxygen atoms in total. The van der Waals surface area contributed by atoms with E-state index in [2.05, 4.69) is 41.3 Å². The first kappa shape index (κ1) is 16.5. The average Bonchev–Trinajstić information content (AvgIpc) is 3.23. The minimum atomic E-state index is -0.0165. The van der Waals surface area contributed by atoms with Gasteiger partial charge < -0.3 is 4.90 Å². The first-order valence-corrected chi connectivity index (χ1v) is 8.96. The number of aromatic nitrogens is 3. The molecule has 1 amide bonds. The second-order valence-corrected chi connectivity index (χ2v) is 7.11. The van der Waals surface area contributed by atoms with E-state index >= 15 is 0 Å². The molecule has 1 aromatic heterocycles. The van der Waals surface area contributed by atoms with Crippen LogP contribution in [0.4, 0.5) is 0 Å². The van der Waals surface area contributed by atoms with Crippen molar-refractivity contribution in [2.75, 3.05) is 13.1 Å². The van der Waals surface area contributed by atoms with Gasteiger partial charge in [0.15, 0.2) is 0 Å². The fourth-order valence-corrected chi connectivity index (χ4v) is 3.85. The van der Waals surface area contributed by atoms with Gasteiger partial charge in [0.05, 0.1) is 11.3 Å². The lowest BCUT2D eigenvalue weighted by Crippen LogP contribution is -2.47. The van der Waals surface area contributed by atoms with Crippen molar-refractivity contribution < 1.29 is 4.79 Å². The molecule has 132 valence electrons. The van der Waals surface area contributed by atoms with Gasteiger partial charge in [-0.05, 0) is 30.5 Å². The first-order chi connectivity index (χ1) is 12.7. The Morgan fingerprint density at radius 3 is 2.62 bits per heavy atom. The molecule has 1 aliphatic heterocycles. The van der Waals surface area contributed by atoms with Gasteiger partial charge in [-0.15, -0.1) is 0 Å². The predicted octanol–water partition coefficient (Wildman–Crippen LogP) is 3.46. The summed E-state index contributed by atoms with van der Waals surface area (Å²) in [6.07, 6.45) is 5.19. The van der Waals surface area contributed by atoms with E-state index in [9.17, 15) is 4.79 Å². The van der Waals surface area contributed by atoms with Gasteiger partial charge in [0.1, 0.15) is 12.7 Å². The fourth-order valence-electron chi connectivity index (χ4n) is 3.85. The van der Waals surface area contributed by atoms with Gasteiger partial charge in [-0.2, -0.15) is 5.10 Å². The Labute approximate surface area is 153 Å². The van der Waals surface area contributed by atoms with Crippen molar-refractivity contribution in [3.8, 4) is 5.69 Å². The minimum absolute atomic E-state index is 0.0165. The van der Waals surface area contributed by atoms with Crippen molar-refractivity contribution in [1.29, 1.82) is 0 Å². The zero-order valence-corrected chi connectivity index (χ0v) is 14.9. The summed E-state index contributed by atoms with van der Waals surface area (Å²) < 4.78 is 1.65. The maximum Gasteiger partial charge on any atom is 0.256 e. The van der Waals surface area contributed by atoms with Crippen molar-refractivity contribution in [2.24, 2.45) is 0 Å². The molecule has 4 rings (SSSR count). The first-order valence-electron chi connectivity index (χ1n) is 8.96. The maximum atomic E-state index is 13.3. The zero-order valence-electron chi connectivity index (χ0n) is 14.9. The number of piperidine rings is 1. The van der Waals surface area contributed by atoms with Crippen molar-refractivity contribution in [3.63, 3.8) is 0 Å². The van der Waals surface area contributed by atoms with Gasteiger partial charge >= 0.3 is 0 Å². The number of hydrogen-bond acceptors (Lipinski definition) is 3. The number of amides is 1. The molecule has 2 aromatic carbocycles. The third-order valence-corrected chi connectivity index (χ3v) is 5.25. The van der Waals surface area contributed by atoms with Crippen LogP contribution in [-0.4, -0.2) is 38.7 Å². The van der Waals surface area contributed by atoms with E-state index in [4.69, 9.17) is 0 Å². The quantitative estimate of drug-likeness (QED) is 0.730. The molecule has 0 aliphatic carbocycles. The lowest BCUT2D eigenvalue weighted by molar-refractivity contribution is 0.0651. The highest BCUT2D eigenvalue weighted by molar-refractivity contribution is 5.97. The van der Waals surface area contributed by atoms with Crippen LogP contribution in [0.25, 0.3) is 5.69 Å². The average molecular weight is 346 g/mol. The molecule has 1 aliphatic rings. The summed E-state index contributed by atoms with van der Waals surface area (Å²) >= 11 is 0. The number of para-hydroxylation sites is 1. The Morgan fingerprint density at radius 1 is 1.08 bits per heavy atom. The van der Waals surface area contributed by atoms with E-state index in [0.717, 1.165) is 31.6 Å². The van der Waals surface area contributed by atoms with Crippen LogP contribution in [0.5, 0.6) is 0 Å². The lowest BCUT2D eigenvalue weighted by Gasteiger charge is -2.41. The number of nitrogens with zero attached hydrogens (tertiary/aromatic N) is 4. The van der Waals surface area contributed by atoms with Gasteiger partial charge in [-0.25, -0.2) is 9.67 Å². The number of hydrogen-bond donors (Lipinski definition) is 0. The molecule has 1 atom stereocenters. The van der Waals surface area contributed by atoms with Gasteiger partial charge in [0, 0.05) is 18.5 Å². The molecule has 3 aromatic rings. The fraction of sp³-hybridized carbons (Fsp3) is 0.286. The number of likely N-dealkylation sites (tertiary alicyclic amines) is 1. The van der Waals surface area contributed by atoms with E-state index in [0.29, 0.717) is 5.56 Å². The van der Waals surface area contributed by atoms with Crippen LogP contribution >= 0.6 is 0 Å². The summed E-state index contributed by atoms with van der Waals surface area (Å²) in [6, 6.07) is 18.1. The molecule has 26 heavy (non-hydrogen) atoms. The highest BCUT2D eigenvalue weighted by Crippen LogP contribution is 2.34. The lowest BCUT2D eigenvalue weighted by atomic mass is 9.76. The van der Waals surface area contributed by atoms with E-state index in [-0.39, 0.29) is 11.3 Å². The largest absolute Gasteiger partial charge is 0.338 e. The number of rotatable bonds is 3. The third-order valence-electron chi connectivity index (χ3n) is 5.25. The Hall–Kier alpha value is -2.95. The topological polar surface area (TPSA) is 51.0 Å². The molecule has 5 heteroatoms. The molecule has 0 radical (unpaired) electrons. The van der Waals surface area contributed by atoms with Crippen LogP contribution in [-0.2, 0) is 5.41 Å². The highest BCUT2D eigenvalue weighted by atomic mass is 16.2. The summed E-state index contributed by atoms with van der Waals surface area (Å²) in [6.45, 7) is 3.76. The second kappa shape index (κ2) is 6.75. The normalized spacial score (nSPS) is 20.1. The summed E-state index contributed by atoms with van der Waals surface area (Å²) in [5.74, 6) is 0.0537. The zero-order chi connectivity index (χ0) is 18.0. The summed E-state index contributed by atoms with van der Waals surface area (Å²) in [7, 11) is 0. The van der Waals surface area contributed by atoms with Gasteiger partial charge in [0.25, 0.3) is 5.91 Å². The standard InChI is InChI=1S/C21H22N4O/c1-21(17-8-3-2-4-9-17)12-7-13-24(14-21)20(26)18-10-5-6-11-19(18)25-16-22-15-23-25/h2-6,8-11,15-16H,7,12-14H2,1H3/t21-/m0/s1. The smallest absolute Gasteiger partial charge is 0.256 e. The van der Waals surface area contributed by atoms with Crippen molar-refractivity contribution in [3.05, 3.63) is 78.4 Å². The SMILES string of the molecule is C[C@]1(c2ccccc2)CCCN(C(=O)c2ccccc2-n2cncn2)C1.